The Morgan fingerprint density at radius 2 is 2.19 bits per heavy atom. The highest BCUT2D eigenvalue weighted by molar-refractivity contribution is 5.05. The van der Waals surface area contributed by atoms with Crippen LogP contribution in [-0.4, -0.2) is 27.5 Å². The minimum Gasteiger partial charge on any atom is -0.395 e. The molecule has 0 saturated heterocycles. The normalized spacial score (nSPS) is 14.1. The lowest BCUT2D eigenvalue weighted by molar-refractivity contribution is 0.238. The first-order valence-corrected chi connectivity index (χ1v) is 5.85. The van der Waals surface area contributed by atoms with Crippen molar-refractivity contribution in [1.82, 2.24) is 15.1 Å². The van der Waals surface area contributed by atoms with Gasteiger partial charge < -0.3 is 10.4 Å². The summed E-state index contributed by atoms with van der Waals surface area (Å²) in [6.45, 7) is 9.38. The van der Waals surface area contributed by atoms with Crippen LogP contribution in [0.1, 0.15) is 39.7 Å². The van der Waals surface area contributed by atoms with E-state index in [1.807, 2.05) is 10.9 Å². The van der Waals surface area contributed by atoms with E-state index >= 15 is 0 Å². The summed E-state index contributed by atoms with van der Waals surface area (Å²) in [4.78, 5) is 0. The third-order valence-corrected chi connectivity index (χ3v) is 2.63. The van der Waals surface area contributed by atoms with Crippen LogP contribution in [0.3, 0.4) is 0 Å². The summed E-state index contributed by atoms with van der Waals surface area (Å²) in [6, 6.07) is 0.179. The van der Waals surface area contributed by atoms with E-state index in [1.165, 1.54) is 0 Å². The molecule has 4 nitrogen and oxygen atoms in total. The average molecular weight is 225 g/mol. The molecule has 92 valence electrons. The van der Waals surface area contributed by atoms with Crippen LogP contribution < -0.4 is 5.32 Å². The molecular formula is C12H23N3O. The predicted octanol–water partition coefficient (Wildman–Crippen LogP) is 1.50. The highest BCUT2D eigenvalue weighted by Crippen LogP contribution is 2.13. The number of nitrogens with zero attached hydrogens (tertiary/aromatic N) is 2. The highest BCUT2D eigenvalue weighted by atomic mass is 16.3. The third-order valence-electron chi connectivity index (χ3n) is 2.63. The fraction of sp³-hybridized carbons (Fsp3) is 0.750. The number of hydrogen-bond donors (Lipinski definition) is 2. The predicted molar refractivity (Wildman–Crippen MR) is 65.2 cm³/mol. The monoisotopic (exact) mass is 225 g/mol. The molecule has 0 spiro atoms. The summed E-state index contributed by atoms with van der Waals surface area (Å²) in [5.41, 5.74) is 1.18. The average Bonchev–Trinajstić information content (AvgIpc) is 2.67. The van der Waals surface area contributed by atoms with Gasteiger partial charge in [0, 0.05) is 24.3 Å². The van der Waals surface area contributed by atoms with Crippen molar-refractivity contribution in [2.24, 2.45) is 0 Å². The second-order valence-corrected chi connectivity index (χ2v) is 5.13. The number of rotatable bonds is 5. The van der Waals surface area contributed by atoms with Crippen LogP contribution in [-0.2, 0) is 12.1 Å². The zero-order valence-electron chi connectivity index (χ0n) is 10.7. The summed E-state index contributed by atoms with van der Waals surface area (Å²) in [6.07, 6.45) is 4.86. The molecule has 0 radical (unpaired) electrons. The second-order valence-electron chi connectivity index (χ2n) is 5.13. The van der Waals surface area contributed by atoms with E-state index < -0.39 is 0 Å². The molecule has 2 N–H and O–H groups in total. The van der Waals surface area contributed by atoms with Crippen LogP contribution in [0.2, 0.25) is 0 Å². The summed E-state index contributed by atoms with van der Waals surface area (Å²) in [5, 5.41) is 16.7. The molecule has 16 heavy (non-hydrogen) atoms. The lowest BCUT2D eigenvalue weighted by Crippen LogP contribution is -2.31. The van der Waals surface area contributed by atoms with E-state index in [9.17, 15) is 0 Å². The van der Waals surface area contributed by atoms with Crippen molar-refractivity contribution in [3.63, 3.8) is 0 Å². The maximum Gasteiger partial charge on any atom is 0.0584 e. The molecule has 1 aromatic rings. The van der Waals surface area contributed by atoms with Crippen LogP contribution >= 0.6 is 0 Å². The number of aliphatic hydroxyl groups excluding tert-OH is 1. The van der Waals surface area contributed by atoms with Gasteiger partial charge in [-0.2, -0.15) is 5.10 Å². The number of aromatic nitrogens is 2. The van der Waals surface area contributed by atoms with Crippen LogP contribution in [0.4, 0.5) is 0 Å². The Morgan fingerprint density at radius 1 is 1.50 bits per heavy atom. The first-order valence-electron chi connectivity index (χ1n) is 5.85. The Balaban J connectivity index is 2.53. The Morgan fingerprint density at radius 3 is 2.62 bits per heavy atom. The molecule has 0 aliphatic carbocycles. The first kappa shape index (κ1) is 13.2. The topological polar surface area (TPSA) is 50.1 Å². The second kappa shape index (κ2) is 5.46. The molecule has 1 atom stereocenters. The highest BCUT2D eigenvalue weighted by Gasteiger charge is 2.14. The summed E-state index contributed by atoms with van der Waals surface area (Å²) in [7, 11) is 0. The molecule has 0 aliphatic rings. The zero-order chi connectivity index (χ0) is 12.2. The van der Waals surface area contributed by atoms with Gasteiger partial charge in [0.2, 0.25) is 0 Å². The molecule has 4 heteroatoms. The molecular weight excluding hydrogens is 202 g/mol. The zero-order valence-corrected chi connectivity index (χ0v) is 10.7. The van der Waals surface area contributed by atoms with Gasteiger partial charge in [-0.3, -0.25) is 4.68 Å². The minimum absolute atomic E-state index is 0.0272. The van der Waals surface area contributed by atoms with E-state index in [2.05, 4.69) is 44.3 Å². The number of hydrogen-bond acceptors (Lipinski definition) is 3. The summed E-state index contributed by atoms with van der Waals surface area (Å²) in [5.74, 6) is 0. The lowest BCUT2D eigenvalue weighted by Gasteiger charge is -2.18. The molecule has 1 aromatic heterocycles. The van der Waals surface area contributed by atoms with Gasteiger partial charge in [0.15, 0.2) is 0 Å². The molecule has 0 saturated carbocycles. The third kappa shape index (κ3) is 3.61. The Bertz CT molecular complexity index is 310. The summed E-state index contributed by atoms with van der Waals surface area (Å²) >= 11 is 0. The van der Waals surface area contributed by atoms with Crippen molar-refractivity contribution in [2.45, 2.75) is 52.2 Å². The number of nitrogens with one attached hydrogen (secondary N) is 1. The fourth-order valence-corrected chi connectivity index (χ4v) is 1.42. The first-order chi connectivity index (χ1) is 7.47. The summed E-state index contributed by atoms with van der Waals surface area (Å²) < 4.78 is 1.96. The molecule has 1 heterocycles. The standard InChI is InChI=1S/C12H23N3O/c1-5-11(9-16)13-6-10-7-14-15(8-10)12(2,3)4/h7-8,11,13,16H,5-6,9H2,1-4H3/t11-/m0/s1. The van der Waals surface area contributed by atoms with Crippen molar-refractivity contribution in [1.29, 1.82) is 0 Å². The van der Waals surface area contributed by atoms with Crippen molar-refractivity contribution in [2.75, 3.05) is 6.61 Å². The number of aliphatic hydroxyl groups is 1. The molecule has 1 rings (SSSR count). The maximum absolute atomic E-state index is 9.06. The van der Waals surface area contributed by atoms with Gasteiger partial charge in [-0.1, -0.05) is 6.92 Å². The molecule has 0 amide bonds. The van der Waals surface area contributed by atoms with Gasteiger partial charge in [-0.05, 0) is 27.2 Å². The van der Waals surface area contributed by atoms with E-state index in [0.717, 1.165) is 18.5 Å². The van der Waals surface area contributed by atoms with Gasteiger partial charge >= 0.3 is 0 Å². The van der Waals surface area contributed by atoms with E-state index in [1.54, 1.807) is 0 Å². The van der Waals surface area contributed by atoms with Crippen LogP contribution in [0.25, 0.3) is 0 Å². The largest absolute Gasteiger partial charge is 0.395 e. The van der Waals surface area contributed by atoms with E-state index in [4.69, 9.17) is 5.11 Å². The van der Waals surface area contributed by atoms with Gasteiger partial charge in [-0.15, -0.1) is 0 Å². The van der Waals surface area contributed by atoms with Gasteiger partial charge in [-0.25, -0.2) is 0 Å². The van der Waals surface area contributed by atoms with Gasteiger partial charge in [0.05, 0.1) is 18.3 Å². The molecule has 0 aliphatic heterocycles. The SMILES string of the molecule is CC[C@@H](CO)NCc1cnn(C(C)(C)C)c1. The molecule has 0 fully saturated rings. The smallest absolute Gasteiger partial charge is 0.0584 e. The molecule has 0 unspecified atom stereocenters. The van der Waals surface area contributed by atoms with Crippen molar-refractivity contribution in [3.05, 3.63) is 18.0 Å². The lowest BCUT2D eigenvalue weighted by atomic mass is 10.1. The van der Waals surface area contributed by atoms with Crippen molar-refractivity contribution < 1.29 is 5.11 Å². The Kier molecular flexibility index (Phi) is 4.50. The van der Waals surface area contributed by atoms with Crippen LogP contribution in [0.5, 0.6) is 0 Å². The molecule has 0 bridgehead atoms. The van der Waals surface area contributed by atoms with Gasteiger partial charge in [0.1, 0.15) is 0 Å². The fourth-order valence-electron chi connectivity index (χ4n) is 1.42. The van der Waals surface area contributed by atoms with E-state index in [-0.39, 0.29) is 18.2 Å². The minimum atomic E-state index is 0.0272. The quantitative estimate of drug-likeness (QED) is 0.798. The Hall–Kier alpha value is -0.870. The van der Waals surface area contributed by atoms with Crippen LogP contribution in [0, 0.1) is 0 Å². The van der Waals surface area contributed by atoms with Crippen molar-refractivity contribution >= 4 is 0 Å². The molecule has 0 aromatic carbocycles. The van der Waals surface area contributed by atoms with Gasteiger partial charge in [0.25, 0.3) is 0 Å². The van der Waals surface area contributed by atoms with E-state index in [0.29, 0.717) is 0 Å². The van der Waals surface area contributed by atoms with Crippen LogP contribution in [0.15, 0.2) is 12.4 Å². The maximum atomic E-state index is 9.06. The Labute approximate surface area is 97.7 Å². The van der Waals surface area contributed by atoms with Crippen molar-refractivity contribution in [3.8, 4) is 0 Å².